The molecule has 2 aromatic carbocycles. The predicted molar refractivity (Wildman–Crippen MR) is 109 cm³/mol. The number of hydrogen-bond donors (Lipinski definition) is 1. The minimum absolute atomic E-state index is 0.0542. The van der Waals surface area contributed by atoms with Crippen molar-refractivity contribution in [2.45, 2.75) is 32.3 Å². The van der Waals surface area contributed by atoms with Crippen LogP contribution in [0.5, 0.6) is 11.5 Å². The van der Waals surface area contributed by atoms with Crippen LogP contribution in [0.25, 0.3) is 0 Å². The van der Waals surface area contributed by atoms with Gasteiger partial charge in [-0.05, 0) is 77.2 Å². The molecule has 1 atom stereocenters. The molecule has 0 spiro atoms. The van der Waals surface area contributed by atoms with E-state index in [1.807, 2.05) is 42.5 Å². The van der Waals surface area contributed by atoms with Crippen LogP contribution in [0.4, 0.5) is 5.69 Å². The number of aryl methyl sites for hydroxylation is 1. The fraction of sp³-hybridized carbons (Fsp3) is 0.381. The molecule has 5 nitrogen and oxygen atoms in total. The van der Waals surface area contributed by atoms with Crippen molar-refractivity contribution in [1.29, 1.82) is 0 Å². The molecule has 1 amide bonds. The average molecular weight is 434 g/mol. The lowest BCUT2D eigenvalue weighted by Crippen LogP contribution is -2.20. The standard InChI is InChI=1S/C21H24BrNO4/c1-2-15-5-10-20(19(22)12-15)27-14-21(24)23-16-6-8-17(9-7-16)26-13-18-4-3-11-25-18/h5-10,12,18H,2-4,11,13-14H2,1H3,(H,23,24)/t18-/m0/s1. The zero-order valence-corrected chi connectivity index (χ0v) is 17.0. The fourth-order valence-electron chi connectivity index (χ4n) is 2.82. The van der Waals surface area contributed by atoms with Crippen LogP contribution in [0.15, 0.2) is 46.9 Å². The van der Waals surface area contributed by atoms with Crippen molar-refractivity contribution in [1.82, 2.24) is 0 Å². The zero-order valence-electron chi connectivity index (χ0n) is 15.4. The predicted octanol–water partition coefficient (Wildman–Crippen LogP) is 4.59. The summed E-state index contributed by atoms with van der Waals surface area (Å²) in [5.41, 5.74) is 1.91. The minimum atomic E-state index is -0.213. The number of nitrogens with one attached hydrogen (secondary N) is 1. The van der Waals surface area contributed by atoms with Crippen LogP contribution in [0.1, 0.15) is 25.3 Å². The van der Waals surface area contributed by atoms with E-state index in [4.69, 9.17) is 14.2 Å². The largest absolute Gasteiger partial charge is 0.491 e. The van der Waals surface area contributed by atoms with Crippen LogP contribution in [-0.4, -0.2) is 31.8 Å². The van der Waals surface area contributed by atoms with Gasteiger partial charge in [0.15, 0.2) is 6.61 Å². The molecule has 1 aliphatic heterocycles. The molecule has 6 heteroatoms. The Morgan fingerprint density at radius 3 is 2.70 bits per heavy atom. The Balaban J connectivity index is 1.44. The summed E-state index contributed by atoms with van der Waals surface area (Å²) in [6, 6.07) is 13.2. The molecule has 27 heavy (non-hydrogen) atoms. The first-order valence-electron chi connectivity index (χ1n) is 9.19. The van der Waals surface area contributed by atoms with Crippen LogP contribution < -0.4 is 14.8 Å². The van der Waals surface area contributed by atoms with Crippen LogP contribution in [0.2, 0.25) is 0 Å². The molecular formula is C21H24BrNO4. The van der Waals surface area contributed by atoms with Gasteiger partial charge < -0.3 is 19.5 Å². The number of halogens is 1. The molecule has 144 valence electrons. The molecule has 2 aromatic rings. The molecule has 0 radical (unpaired) electrons. The maximum atomic E-state index is 12.1. The lowest BCUT2D eigenvalue weighted by atomic mass is 10.2. The van der Waals surface area contributed by atoms with E-state index in [-0.39, 0.29) is 18.6 Å². The van der Waals surface area contributed by atoms with Gasteiger partial charge in [0.2, 0.25) is 0 Å². The fourth-order valence-corrected chi connectivity index (χ4v) is 3.36. The maximum Gasteiger partial charge on any atom is 0.262 e. The Bertz CT molecular complexity index is 757. The number of ether oxygens (including phenoxy) is 3. The van der Waals surface area contributed by atoms with Gasteiger partial charge in [0.1, 0.15) is 18.1 Å². The number of anilines is 1. The lowest BCUT2D eigenvalue weighted by Gasteiger charge is -2.12. The summed E-state index contributed by atoms with van der Waals surface area (Å²) in [5.74, 6) is 1.20. The summed E-state index contributed by atoms with van der Waals surface area (Å²) in [5, 5.41) is 2.82. The molecule has 0 aromatic heterocycles. The van der Waals surface area contributed by atoms with Crippen molar-refractivity contribution in [3.63, 3.8) is 0 Å². The topological polar surface area (TPSA) is 56.8 Å². The quantitative estimate of drug-likeness (QED) is 0.661. The Kier molecular flexibility index (Phi) is 7.12. The number of hydrogen-bond acceptors (Lipinski definition) is 4. The summed E-state index contributed by atoms with van der Waals surface area (Å²) in [6.45, 7) is 3.42. The van der Waals surface area contributed by atoms with Gasteiger partial charge in [-0.25, -0.2) is 0 Å². The first-order valence-corrected chi connectivity index (χ1v) is 9.99. The lowest BCUT2D eigenvalue weighted by molar-refractivity contribution is -0.118. The molecule has 1 saturated heterocycles. The van der Waals surface area contributed by atoms with Crippen molar-refractivity contribution in [3.8, 4) is 11.5 Å². The molecular weight excluding hydrogens is 410 g/mol. The second-order valence-corrected chi connectivity index (χ2v) is 7.28. The van der Waals surface area contributed by atoms with Crippen molar-refractivity contribution < 1.29 is 19.0 Å². The first kappa shape index (κ1) is 19.7. The van der Waals surface area contributed by atoms with Crippen LogP contribution in [0.3, 0.4) is 0 Å². The van der Waals surface area contributed by atoms with Crippen LogP contribution in [0, 0.1) is 0 Å². The van der Waals surface area contributed by atoms with Gasteiger partial charge in [0, 0.05) is 12.3 Å². The Morgan fingerprint density at radius 1 is 1.22 bits per heavy atom. The van der Waals surface area contributed by atoms with Gasteiger partial charge in [-0.2, -0.15) is 0 Å². The molecule has 0 saturated carbocycles. The highest BCUT2D eigenvalue weighted by molar-refractivity contribution is 9.10. The number of carbonyl (C=O) groups is 1. The van der Waals surface area contributed by atoms with E-state index in [1.165, 1.54) is 5.56 Å². The average Bonchev–Trinajstić information content (AvgIpc) is 3.20. The van der Waals surface area contributed by atoms with Crippen LogP contribution >= 0.6 is 15.9 Å². The van der Waals surface area contributed by atoms with E-state index in [0.717, 1.165) is 36.1 Å². The number of amides is 1. The van der Waals surface area contributed by atoms with Gasteiger partial charge >= 0.3 is 0 Å². The molecule has 1 fully saturated rings. The van der Waals surface area contributed by atoms with E-state index < -0.39 is 0 Å². The summed E-state index contributed by atoms with van der Waals surface area (Å²) in [7, 11) is 0. The van der Waals surface area contributed by atoms with Crippen LogP contribution in [-0.2, 0) is 16.0 Å². The third-order valence-corrected chi connectivity index (χ3v) is 4.98. The molecule has 1 heterocycles. The molecule has 0 aliphatic carbocycles. The van der Waals surface area contributed by atoms with Gasteiger partial charge in [-0.15, -0.1) is 0 Å². The summed E-state index contributed by atoms with van der Waals surface area (Å²) < 4.78 is 17.7. The van der Waals surface area contributed by atoms with Gasteiger partial charge in [-0.3, -0.25) is 4.79 Å². The van der Waals surface area contributed by atoms with Gasteiger partial charge in [0.25, 0.3) is 5.91 Å². The SMILES string of the molecule is CCc1ccc(OCC(=O)Nc2ccc(OC[C@@H]3CCCO3)cc2)c(Br)c1. The molecule has 1 aliphatic rings. The van der Waals surface area contributed by atoms with Crippen molar-refractivity contribution in [3.05, 3.63) is 52.5 Å². The monoisotopic (exact) mass is 433 g/mol. The Labute approximate surface area is 168 Å². The van der Waals surface area contributed by atoms with Crippen molar-refractivity contribution in [2.24, 2.45) is 0 Å². The molecule has 0 bridgehead atoms. The van der Waals surface area contributed by atoms with E-state index in [9.17, 15) is 4.79 Å². The first-order chi connectivity index (χ1) is 13.1. The van der Waals surface area contributed by atoms with E-state index in [0.29, 0.717) is 18.0 Å². The van der Waals surface area contributed by atoms with E-state index in [1.54, 1.807) is 0 Å². The normalized spacial score (nSPS) is 16.1. The van der Waals surface area contributed by atoms with Gasteiger partial charge in [0.05, 0.1) is 10.6 Å². The number of benzene rings is 2. The maximum absolute atomic E-state index is 12.1. The Morgan fingerprint density at radius 2 is 2.04 bits per heavy atom. The molecule has 0 unspecified atom stereocenters. The second kappa shape index (κ2) is 9.76. The summed E-state index contributed by atoms with van der Waals surface area (Å²) in [6.07, 6.45) is 3.28. The molecule has 1 N–H and O–H groups in total. The third kappa shape index (κ3) is 5.97. The number of rotatable bonds is 8. The Hall–Kier alpha value is -2.05. The minimum Gasteiger partial charge on any atom is -0.491 e. The third-order valence-electron chi connectivity index (χ3n) is 4.36. The van der Waals surface area contributed by atoms with Crippen molar-refractivity contribution in [2.75, 3.05) is 25.1 Å². The number of carbonyl (C=O) groups excluding carboxylic acids is 1. The van der Waals surface area contributed by atoms with E-state index in [2.05, 4.69) is 28.2 Å². The van der Waals surface area contributed by atoms with Gasteiger partial charge in [-0.1, -0.05) is 13.0 Å². The molecule has 3 rings (SSSR count). The highest BCUT2D eigenvalue weighted by Crippen LogP contribution is 2.26. The van der Waals surface area contributed by atoms with E-state index >= 15 is 0 Å². The highest BCUT2D eigenvalue weighted by atomic mass is 79.9. The van der Waals surface area contributed by atoms with Crippen molar-refractivity contribution >= 4 is 27.5 Å². The smallest absolute Gasteiger partial charge is 0.262 e. The zero-order chi connectivity index (χ0) is 19.1. The summed E-state index contributed by atoms with van der Waals surface area (Å²) >= 11 is 3.47. The highest BCUT2D eigenvalue weighted by Gasteiger charge is 2.16. The second-order valence-electron chi connectivity index (χ2n) is 6.43. The summed E-state index contributed by atoms with van der Waals surface area (Å²) in [4.78, 5) is 12.1.